The quantitative estimate of drug-likeness (QED) is 0.522. The first-order chi connectivity index (χ1) is 8.86. The highest BCUT2D eigenvalue weighted by atomic mass is 32.2. The average Bonchev–Trinajstić information content (AvgIpc) is 2.41. The second-order valence-electron chi connectivity index (χ2n) is 4.01. The molecule has 0 aromatic heterocycles. The van der Waals surface area contributed by atoms with Gasteiger partial charge in [0.25, 0.3) is 0 Å². The molecule has 1 aromatic carbocycles. The smallest absolute Gasteiger partial charge is 0.0587 e. The molecule has 0 heterocycles. The van der Waals surface area contributed by atoms with E-state index in [1.807, 2.05) is 11.8 Å². The fourth-order valence-corrected chi connectivity index (χ4v) is 2.33. The van der Waals surface area contributed by atoms with Gasteiger partial charge in [-0.15, -0.1) is 11.8 Å². The summed E-state index contributed by atoms with van der Waals surface area (Å²) in [6.45, 7) is 3.39. The SMILES string of the molecule is COCCCSc1ccc(CNCCOC)cc1. The lowest BCUT2D eigenvalue weighted by molar-refractivity contribution is 0.199. The Bertz CT molecular complexity index is 272. The molecule has 0 radical (unpaired) electrons. The first-order valence-electron chi connectivity index (χ1n) is 6.27. The van der Waals surface area contributed by atoms with E-state index in [1.165, 1.54) is 10.5 Å². The first kappa shape index (κ1) is 15.5. The summed E-state index contributed by atoms with van der Waals surface area (Å²) < 4.78 is 10.0. The number of hydrogen-bond donors (Lipinski definition) is 1. The summed E-state index contributed by atoms with van der Waals surface area (Å²) >= 11 is 1.88. The Kier molecular flexibility index (Phi) is 8.94. The number of thioether (sulfide) groups is 1. The van der Waals surface area contributed by atoms with E-state index in [0.29, 0.717) is 0 Å². The van der Waals surface area contributed by atoms with Crippen molar-refractivity contribution < 1.29 is 9.47 Å². The third-order valence-corrected chi connectivity index (χ3v) is 3.60. The molecule has 4 heteroatoms. The van der Waals surface area contributed by atoms with Crippen LogP contribution >= 0.6 is 11.8 Å². The Labute approximate surface area is 114 Å². The van der Waals surface area contributed by atoms with E-state index in [-0.39, 0.29) is 0 Å². The van der Waals surface area contributed by atoms with Gasteiger partial charge in [0.2, 0.25) is 0 Å². The van der Waals surface area contributed by atoms with Crippen LogP contribution < -0.4 is 5.32 Å². The predicted molar refractivity (Wildman–Crippen MR) is 77.2 cm³/mol. The Hall–Kier alpha value is -0.550. The van der Waals surface area contributed by atoms with Gasteiger partial charge in [-0.05, 0) is 24.1 Å². The van der Waals surface area contributed by atoms with Crippen LogP contribution in [-0.4, -0.2) is 39.7 Å². The molecule has 0 unspecified atom stereocenters. The van der Waals surface area contributed by atoms with Gasteiger partial charge >= 0.3 is 0 Å². The van der Waals surface area contributed by atoms with Crippen LogP contribution in [0.3, 0.4) is 0 Å². The number of benzene rings is 1. The van der Waals surface area contributed by atoms with Gasteiger partial charge in [-0.3, -0.25) is 0 Å². The minimum Gasteiger partial charge on any atom is -0.385 e. The monoisotopic (exact) mass is 269 g/mol. The van der Waals surface area contributed by atoms with Crippen molar-refractivity contribution in [3.63, 3.8) is 0 Å². The summed E-state index contributed by atoms with van der Waals surface area (Å²) in [4.78, 5) is 1.33. The van der Waals surface area contributed by atoms with Gasteiger partial charge in [0.05, 0.1) is 6.61 Å². The van der Waals surface area contributed by atoms with E-state index >= 15 is 0 Å². The minimum atomic E-state index is 0.757. The number of methoxy groups -OCH3 is 2. The molecule has 3 nitrogen and oxygen atoms in total. The van der Waals surface area contributed by atoms with E-state index in [9.17, 15) is 0 Å². The molecule has 0 amide bonds. The molecule has 0 aliphatic rings. The lowest BCUT2D eigenvalue weighted by Gasteiger charge is -2.06. The zero-order chi connectivity index (χ0) is 13.1. The van der Waals surface area contributed by atoms with Gasteiger partial charge in [-0.25, -0.2) is 0 Å². The number of hydrogen-bond acceptors (Lipinski definition) is 4. The van der Waals surface area contributed by atoms with E-state index in [2.05, 4.69) is 29.6 Å². The zero-order valence-corrected chi connectivity index (χ0v) is 12.1. The third kappa shape index (κ3) is 7.01. The maximum Gasteiger partial charge on any atom is 0.0587 e. The highest BCUT2D eigenvalue weighted by molar-refractivity contribution is 7.99. The number of ether oxygens (including phenoxy) is 2. The largest absolute Gasteiger partial charge is 0.385 e. The van der Waals surface area contributed by atoms with Crippen LogP contribution in [0.25, 0.3) is 0 Å². The minimum absolute atomic E-state index is 0.757. The zero-order valence-electron chi connectivity index (χ0n) is 11.3. The van der Waals surface area contributed by atoms with E-state index < -0.39 is 0 Å². The molecule has 1 N–H and O–H groups in total. The molecule has 0 spiro atoms. The van der Waals surface area contributed by atoms with Crippen molar-refractivity contribution in [1.29, 1.82) is 0 Å². The lowest BCUT2D eigenvalue weighted by atomic mass is 10.2. The first-order valence-corrected chi connectivity index (χ1v) is 7.25. The Morgan fingerprint density at radius 2 is 1.78 bits per heavy atom. The molecule has 18 heavy (non-hydrogen) atoms. The summed E-state index contributed by atoms with van der Waals surface area (Å²) in [5.74, 6) is 1.11. The van der Waals surface area contributed by atoms with Crippen LogP contribution in [0.4, 0.5) is 0 Å². The third-order valence-electron chi connectivity index (χ3n) is 2.50. The fourth-order valence-electron chi connectivity index (χ4n) is 1.50. The average molecular weight is 269 g/mol. The second kappa shape index (κ2) is 10.4. The van der Waals surface area contributed by atoms with Crippen LogP contribution in [0.2, 0.25) is 0 Å². The lowest BCUT2D eigenvalue weighted by Crippen LogP contribution is -2.18. The van der Waals surface area contributed by atoms with Crippen LogP contribution in [0.1, 0.15) is 12.0 Å². The maximum atomic E-state index is 5.03. The van der Waals surface area contributed by atoms with Gasteiger partial charge in [0.15, 0.2) is 0 Å². The Morgan fingerprint density at radius 1 is 1.06 bits per heavy atom. The van der Waals surface area contributed by atoms with Gasteiger partial charge in [0, 0.05) is 44.6 Å². The van der Waals surface area contributed by atoms with Gasteiger partial charge in [0.1, 0.15) is 0 Å². The van der Waals surface area contributed by atoms with Crippen molar-refractivity contribution in [2.75, 3.05) is 39.7 Å². The summed E-state index contributed by atoms with van der Waals surface area (Å²) in [7, 11) is 3.47. The summed E-state index contributed by atoms with van der Waals surface area (Å²) in [6.07, 6.45) is 1.10. The van der Waals surface area contributed by atoms with Crippen LogP contribution in [-0.2, 0) is 16.0 Å². The Balaban J connectivity index is 2.20. The van der Waals surface area contributed by atoms with Gasteiger partial charge in [-0.1, -0.05) is 12.1 Å². The van der Waals surface area contributed by atoms with Crippen molar-refractivity contribution in [2.24, 2.45) is 0 Å². The molecule has 0 atom stereocenters. The summed E-state index contributed by atoms with van der Waals surface area (Å²) in [5.41, 5.74) is 1.31. The van der Waals surface area contributed by atoms with Crippen molar-refractivity contribution in [3.8, 4) is 0 Å². The molecular weight excluding hydrogens is 246 g/mol. The fraction of sp³-hybridized carbons (Fsp3) is 0.571. The van der Waals surface area contributed by atoms with Crippen LogP contribution in [0.15, 0.2) is 29.2 Å². The molecule has 102 valence electrons. The van der Waals surface area contributed by atoms with Crippen LogP contribution in [0, 0.1) is 0 Å². The van der Waals surface area contributed by atoms with Crippen molar-refractivity contribution in [1.82, 2.24) is 5.32 Å². The topological polar surface area (TPSA) is 30.5 Å². The normalized spacial score (nSPS) is 10.8. The molecule has 0 aliphatic heterocycles. The maximum absolute atomic E-state index is 5.03. The highest BCUT2D eigenvalue weighted by Crippen LogP contribution is 2.19. The molecule has 1 aromatic rings. The van der Waals surface area contributed by atoms with E-state index in [1.54, 1.807) is 14.2 Å². The number of rotatable bonds is 10. The summed E-state index contributed by atoms with van der Waals surface area (Å²) in [5, 5.41) is 3.33. The van der Waals surface area contributed by atoms with Gasteiger partial charge < -0.3 is 14.8 Å². The molecule has 1 rings (SSSR count). The predicted octanol–water partition coefficient (Wildman–Crippen LogP) is 2.55. The van der Waals surface area contributed by atoms with Gasteiger partial charge in [-0.2, -0.15) is 0 Å². The molecular formula is C14H23NO2S. The molecule has 0 fully saturated rings. The molecule has 0 saturated carbocycles. The van der Waals surface area contributed by atoms with E-state index in [0.717, 1.165) is 38.5 Å². The van der Waals surface area contributed by atoms with Crippen LogP contribution in [0.5, 0.6) is 0 Å². The molecule has 0 bridgehead atoms. The number of nitrogens with one attached hydrogen (secondary N) is 1. The van der Waals surface area contributed by atoms with Crippen molar-refractivity contribution in [2.45, 2.75) is 17.9 Å². The summed E-state index contributed by atoms with van der Waals surface area (Å²) in [6, 6.07) is 8.73. The van der Waals surface area contributed by atoms with Crippen molar-refractivity contribution in [3.05, 3.63) is 29.8 Å². The van der Waals surface area contributed by atoms with Crippen molar-refractivity contribution >= 4 is 11.8 Å². The molecule has 0 aliphatic carbocycles. The Morgan fingerprint density at radius 3 is 2.44 bits per heavy atom. The second-order valence-corrected chi connectivity index (χ2v) is 5.18. The standard InChI is InChI=1S/C14H23NO2S/c1-16-9-3-11-18-14-6-4-13(5-7-14)12-15-8-10-17-2/h4-7,15H,3,8-12H2,1-2H3. The highest BCUT2D eigenvalue weighted by Gasteiger charge is 1.96. The molecule has 0 saturated heterocycles. The van der Waals surface area contributed by atoms with E-state index in [4.69, 9.17) is 9.47 Å².